The van der Waals surface area contributed by atoms with Crippen LogP contribution in [0.5, 0.6) is 0 Å². The van der Waals surface area contributed by atoms with E-state index in [0.717, 1.165) is 19.3 Å². The summed E-state index contributed by atoms with van der Waals surface area (Å²) in [4.78, 5) is 11.2. The van der Waals surface area contributed by atoms with Gasteiger partial charge in [0.15, 0.2) is 0 Å². The van der Waals surface area contributed by atoms with Gasteiger partial charge in [0, 0.05) is 13.5 Å². The average Bonchev–Trinajstić information content (AvgIpc) is 2.19. The molecule has 14 heavy (non-hydrogen) atoms. The van der Waals surface area contributed by atoms with Crippen molar-refractivity contribution in [1.82, 2.24) is 5.32 Å². The van der Waals surface area contributed by atoms with Gasteiger partial charge in [0.2, 0.25) is 5.91 Å². The highest BCUT2D eigenvalue weighted by molar-refractivity contribution is 5.77. The summed E-state index contributed by atoms with van der Waals surface area (Å²) in [7, 11) is 1.60. The highest BCUT2D eigenvalue weighted by atomic mass is 16.7. The van der Waals surface area contributed by atoms with Gasteiger partial charge < -0.3 is 14.8 Å². The molecule has 1 rings (SSSR count). The molecule has 0 saturated carbocycles. The molecule has 1 heterocycles. The minimum Gasteiger partial charge on any atom is -0.359 e. The zero-order chi connectivity index (χ0) is 10.4. The molecule has 0 spiro atoms. The van der Waals surface area contributed by atoms with E-state index < -0.39 is 0 Å². The number of hydrogen-bond donors (Lipinski definition) is 1. The Kier molecular flexibility index (Phi) is 4.90. The first-order valence-corrected chi connectivity index (χ1v) is 5.17. The van der Waals surface area contributed by atoms with Gasteiger partial charge in [0.25, 0.3) is 0 Å². The summed E-state index contributed by atoms with van der Waals surface area (Å²) in [6.07, 6.45) is 3.60. The third-order valence-electron chi connectivity index (χ3n) is 2.52. The van der Waals surface area contributed by atoms with E-state index in [1.165, 1.54) is 0 Å². The van der Waals surface area contributed by atoms with Crippen LogP contribution >= 0.6 is 0 Å². The zero-order valence-corrected chi connectivity index (χ0v) is 8.91. The quantitative estimate of drug-likeness (QED) is 0.676. The van der Waals surface area contributed by atoms with Gasteiger partial charge in [0.1, 0.15) is 6.79 Å². The molecule has 0 aliphatic carbocycles. The Morgan fingerprint density at radius 3 is 3.00 bits per heavy atom. The van der Waals surface area contributed by atoms with E-state index in [2.05, 4.69) is 12.2 Å². The number of amides is 1. The van der Waals surface area contributed by atoms with Crippen LogP contribution in [0.1, 0.15) is 32.6 Å². The van der Waals surface area contributed by atoms with Gasteiger partial charge >= 0.3 is 0 Å². The fourth-order valence-corrected chi connectivity index (χ4v) is 1.79. The van der Waals surface area contributed by atoms with Crippen molar-refractivity contribution >= 4 is 5.91 Å². The Labute approximate surface area is 85.0 Å². The van der Waals surface area contributed by atoms with Crippen molar-refractivity contribution in [1.29, 1.82) is 0 Å². The second-order valence-electron chi connectivity index (χ2n) is 3.59. The maximum atomic E-state index is 11.2. The average molecular weight is 201 g/mol. The molecule has 0 aromatic carbocycles. The lowest BCUT2D eigenvalue weighted by molar-refractivity contribution is -0.128. The maximum Gasteiger partial charge on any atom is 0.220 e. The van der Waals surface area contributed by atoms with E-state index in [9.17, 15) is 4.79 Å². The number of rotatable bonds is 5. The Bertz CT molecular complexity index is 184. The van der Waals surface area contributed by atoms with Gasteiger partial charge in [-0.2, -0.15) is 0 Å². The molecule has 1 N–H and O–H groups in total. The van der Waals surface area contributed by atoms with Crippen LogP contribution < -0.4 is 5.32 Å². The monoisotopic (exact) mass is 201 g/mol. The van der Waals surface area contributed by atoms with Crippen molar-refractivity contribution in [3.8, 4) is 0 Å². The summed E-state index contributed by atoms with van der Waals surface area (Å²) in [6, 6.07) is 0.163. The number of carbonyl (C=O) groups excluding carboxylic acids is 1. The molecule has 0 bridgehead atoms. The molecular formula is C10H19NO3. The Hall–Kier alpha value is -0.610. The number of piperidine rings is 1. The molecule has 82 valence electrons. The van der Waals surface area contributed by atoms with E-state index in [-0.39, 0.29) is 18.1 Å². The highest BCUT2D eigenvalue weighted by Crippen LogP contribution is 2.15. The molecule has 4 nitrogen and oxygen atoms in total. The fourth-order valence-electron chi connectivity index (χ4n) is 1.79. The van der Waals surface area contributed by atoms with Crippen molar-refractivity contribution in [2.24, 2.45) is 0 Å². The van der Waals surface area contributed by atoms with Crippen LogP contribution in [0, 0.1) is 0 Å². The molecule has 1 aliphatic rings. The number of nitrogens with one attached hydrogen (secondary N) is 1. The zero-order valence-electron chi connectivity index (χ0n) is 8.91. The summed E-state index contributed by atoms with van der Waals surface area (Å²) in [6.45, 7) is 2.35. The predicted octanol–water partition coefficient (Wildman–Crippen LogP) is 1.05. The molecule has 0 aromatic rings. The predicted molar refractivity (Wildman–Crippen MR) is 52.8 cm³/mol. The molecule has 4 heteroatoms. The fraction of sp³-hybridized carbons (Fsp3) is 0.900. The second-order valence-corrected chi connectivity index (χ2v) is 3.59. The van der Waals surface area contributed by atoms with E-state index in [4.69, 9.17) is 9.47 Å². The van der Waals surface area contributed by atoms with Crippen LogP contribution in [0.2, 0.25) is 0 Å². The van der Waals surface area contributed by atoms with Gasteiger partial charge in [0.05, 0.1) is 12.1 Å². The summed E-state index contributed by atoms with van der Waals surface area (Å²) >= 11 is 0. The van der Waals surface area contributed by atoms with Crippen LogP contribution in [0.3, 0.4) is 0 Å². The standard InChI is InChI=1S/C10H19NO3/c1-3-9(14-7-13-2)8-5-4-6-10(12)11-8/h8-9H,3-7H2,1-2H3,(H,11,12)/t8-,9+/m0/s1. The molecule has 1 fully saturated rings. The van der Waals surface area contributed by atoms with Crippen LogP contribution in [0.25, 0.3) is 0 Å². The minimum atomic E-state index is 0.0826. The first kappa shape index (κ1) is 11.5. The van der Waals surface area contributed by atoms with E-state index in [0.29, 0.717) is 13.2 Å². The maximum absolute atomic E-state index is 11.2. The van der Waals surface area contributed by atoms with Crippen molar-refractivity contribution in [2.75, 3.05) is 13.9 Å². The smallest absolute Gasteiger partial charge is 0.220 e. The lowest BCUT2D eigenvalue weighted by Gasteiger charge is -2.30. The Morgan fingerprint density at radius 2 is 2.43 bits per heavy atom. The largest absolute Gasteiger partial charge is 0.359 e. The van der Waals surface area contributed by atoms with Crippen molar-refractivity contribution < 1.29 is 14.3 Å². The molecule has 1 aliphatic heterocycles. The van der Waals surface area contributed by atoms with Crippen molar-refractivity contribution in [3.05, 3.63) is 0 Å². The Balaban J connectivity index is 2.38. The molecule has 0 aromatic heterocycles. The van der Waals surface area contributed by atoms with E-state index in [1.807, 2.05) is 0 Å². The normalized spacial score (nSPS) is 24.4. The van der Waals surface area contributed by atoms with Gasteiger partial charge in [-0.25, -0.2) is 0 Å². The second kappa shape index (κ2) is 5.98. The van der Waals surface area contributed by atoms with Crippen LogP contribution in [-0.2, 0) is 14.3 Å². The Morgan fingerprint density at radius 1 is 1.64 bits per heavy atom. The number of methoxy groups -OCH3 is 1. The molecule has 0 unspecified atom stereocenters. The van der Waals surface area contributed by atoms with E-state index in [1.54, 1.807) is 7.11 Å². The number of carbonyl (C=O) groups is 1. The topological polar surface area (TPSA) is 47.6 Å². The first-order valence-electron chi connectivity index (χ1n) is 5.17. The van der Waals surface area contributed by atoms with Gasteiger partial charge in [-0.05, 0) is 19.3 Å². The van der Waals surface area contributed by atoms with Crippen LogP contribution in [0.15, 0.2) is 0 Å². The van der Waals surface area contributed by atoms with Crippen LogP contribution in [-0.4, -0.2) is 32.0 Å². The molecular weight excluding hydrogens is 182 g/mol. The molecule has 1 saturated heterocycles. The first-order chi connectivity index (χ1) is 6.77. The highest BCUT2D eigenvalue weighted by Gasteiger charge is 2.25. The summed E-state index contributed by atoms with van der Waals surface area (Å²) in [5, 5.41) is 2.96. The summed E-state index contributed by atoms with van der Waals surface area (Å²) in [5.74, 6) is 0.140. The summed E-state index contributed by atoms with van der Waals surface area (Å²) in [5.41, 5.74) is 0. The van der Waals surface area contributed by atoms with Gasteiger partial charge in [-0.3, -0.25) is 4.79 Å². The van der Waals surface area contributed by atoms with Crippen molar-refractivity contribution in [2.45, 2.75) is 44.8 Å². The molecule has 2 atom stereocenters. The molecule has 1 amide bonds. The van der Waals surface area contributed by atoms with Crippen molar-refractivity contribution in [3.63, 3.8) is 0 Å². The van der Waals surface area contributed by atoms with E-state index >= 15 is 0 Å². The third kappa shape index (κ3) is 3.27. The summed E-state index contributed by atoms with van der Waals surface area (Å²) < 4.78 is 10.3. The van der Waals surface area contributed by atoms with Gasteiger partial charge in [-0.1, -0.05) is 6.92 Å². The van der Waals surface area contributed by atoms with Gasteiger partial charge in [-0.15, -0.1) is 0 Å². The lowest BCUT2D eigenvalue weighted by Crippen LogP contribution is -2.47. The van der Waals surface area contributed by atoms with Crippen LogP contribution in [0.4, 0.5) is 0 Å². The lowest BCUT2D eigenvalue weighted by atomic mass is 9.98. The number of hydrogen-bond acceptors (Lipinski definition) is 3. The number of ether oxygens (including phenoxy) is 2. The molecule has 0 radical (unpaired) electrons. The SMILES string of the molecule is CC[C@@H](OCOC)[C@@H]1CCCC(=O)N1. The third-order valence-corrected chi connectivity index (χ3v) is 2.52. The minimum absolute atomic E-state index is 0.0826.